The number of aromatic nitrogens is 1. The molecule has 1 saturated heterocycles. The lowest BCUT2D eigenvalue weighted by atomic mass is 10.2. The van der Waals surface area contributed by atoms with E-state index < -0.39 is 22.2 Å². The molecule has 13 heteroatoms. The molecule has 8 nitrogen and oxygen atoms in total. The summed E-state index contributed by atoms with van der Waals surface area (Å²) >= 11 is 6.07. The molecule has 1 atom stereocenters. The molecule has 3 aromatic rings. The van der Waals surface area contributed by atoms with Crippen LogP contribution in [0.2, 0.25) is 5.02 Å². The molecule has 1 aliphatic heterocycles. The van der Waals surface area contributed by atoms with Gasteiger partial charge in [-0.2, -0.15) is 13.2 Å². The molecule has 188 valence electrons. The molecular formula is C22H21ClF3N3O5S. The number of benzene rings is 2. The summed E-state index contributed by atoms with van der Waals surface area (Å²) in [6.07, 6.45) is -2.60. The van der Waals surface area contributed by atoms with Crippen LogP contribution in [-0.4, -0.2) is 56.9 Å². The van der Waals surface area contributed by atoms with Crippen LogP contribution in [0.25, 0.3) is 10.9 Å². The average Bonchev–Trinajstić information content (AvgIpc) is 3.25. The van der Waals surface area contributed by atoms with Crippen LogP contribution in [0.4, 0.5) is 18.9 Å². The third-order valence-corrected chi connectivity index (χ3v) is 6.92. The van der Waals surface area contributed by atoms with E-state index in [1.54, 1.807) is 37.6 Å². The van der Waals surface area contributed by atoms with Gasteiger partial charge in [0.1, 0.15) is 5.75 Å². The zero-order valence-corrected chi connectivity index (χ0v) is 19.9. The number of aliphatic carboxylic acids is 1. The Hall–Kier alpha value is -3.09. The first-order valence-electron chi connectivity index (χ1n) is 10.2. The zero-order valence-electron chi connectivity index (χ0n) is 18.3. The number of hydrogen-bond acceptors (Lipinski definition) is 6. The second-order valence-corrected chi connectivity index (χ2v) is 9.67. The molecule has 0 saturated carbocycles. The summed E-state index contributed by atoms with van der Waals surface area (Å²) in [5.74, 6) is -2.14. The number of fused-ring (bicyclic) bond motifs is 1. The first-order chi connectivity index (χ1) is 16.4. The van der Waals surface area contributed by atoms with Gasteiger partial charge in [-0.15, -0.1) is 0 Å². The number of rotatable bonds is 5. The summed E-state index contributed by atoms with van der Waals surface area (Å²) in [5, 5.41) is 8.77. The van der Waals surface area contributed by atoms with Crippen LogP contribution in [0.3, 0.4) is 0 Å². The Bertz CT molecular complexity index is 1300. The van der Waals surface area contributed by atoms with Crippen molar-refractivity contribution in [2.24, 2.45) is 0 Å². The van der Waals surface area contributed by atoms with E-state index in [4.69, 9.17) is 26.2 Å². The highest BCUT2D eigenvalue weighted by Crippen LogP contribution is 2.30. The third-order valence-electron chi connectivity index (χ3n) is 5.14. The van der Waals surface area contributed by atoms with E-state index in [9.17, 15) is 21.6 Å². The van der Waals surface area contributed by atoms with Gasteiger partial charge in [0.05, 0.1) is 17.5 Å². The van der Waals surface area contributed by atoms with Gasteiger partial charge < -0.3 is 14.7 Å². The second-order valence-electron chi connectivity index (χ2n) is 7.52. The molecule has 1 aliphatic rings. The van der Waals surface area contributed by atoms with E-state index >= 15 is 0 Å². The summed E-state index contributed by atoms with van der Waals surface area (Å²) in [6, 6.07) is 13.8. The molecule has 4 rings (SSSR count). The van der Waals surface area contributed by atoms with Gasteiger partial charge in [-0.25, -0.2) is 17.9 Å². The molecule has 0 radical (unpaired) electrons. The number of anilines is 1. The van der Waals surface area contributed by atoms with Crippen LogP contribution in [0, 0.1) is 0 Å². The van der Waals surface area contributed by atoms with E-state index in [1.807, 2.05) is 24.3 Å². The van der Waals surface area contributed by atoms with Gasteiger partial charge in [0, 0.05) is 41.4 Å². The largest absolute Gasteiger partial charge is 0.497 e. The fraction of sp³-hybridized carbons (Fsp3) is 0.273. The number of ether oxygens (including phenoxy) is 1. The number of methoxy groups -OCH3 is 1. The Kier molecular flexibility index (Phi) is 8.08. The number of hydrogen-bond donors (Lipinski definition) is 2. The number of pyridine rings is 1. The van der Waals surface area contributed by atoms with Crippen molar-refractivity contribution in [2.45, 2.75) is 23.5 Å². The van der Waals surface area contributed by atoms with Crippen molar-refractivity contribution in [1.29, 1.82) is 0 Å². The third kappa shape index (κ3) is 6.74. The van der Waals surface area contributed by atoms with Crippen LogP contribution >= 0.6 is 11.6 Å². The highest BCUT2D eigenvalue weighted by Gasteiger charge is 2.38. The number of sulfonamides is 1. The summed E-state index contributed by atoms with van der Waals surface area (Å²) < 4.78 is 65.0. The number of carboxylic acids is 1. The summed E-state index contributed by atoms with van der Waals surface area (Å²) in [5.41, 5.74) is 1.86. The number of nitrogens with one attached hydrogen (secondary N) is 1. The average molecular weight is 532 g/mol. The number of carbonyl (C=O) groups is 1. The fourth-order valence-corrected chi connectivity index (χ4v) is 4.93. The SMILES string of the molecule is COc1ccc(S(=O)(=O)NC2CCN(c3ccnc4cc(Cl)ccc34)C2)cc1.O=C(O)C(F)(F)F. The number of carboxylic acid groups (broad SMARTS) is 1. The molecule has 2 N–H and O–H groups in total. The lowest BCUT2D eigenvalue weighted by Gasteiger charge is -2.21. The maximum absolute atomic E-state index is 12.7. The predicted octanol–water partition coefficient (Wildman–Crippen LogP) is 4.09. The van der Waals surface area contributed by atoms with E-state index in [-0.39, 0.29) is 10.9 Å². The molecule has 35 heavy (non-hydrogen) atoms. The Balaban J connectivity index is 0.000000429. The lowest BCUT2D eigenvalue weighted by molar-refractivity contribution is -0.192. The topological polar surface area (TPSA) is 109 Å². The Morgan fingerprint density at radius 1 is 1.20 bits per heavy atom. The van der Waals surface area contributed by atoms with Crippen molar-refractivity contribution in [1.82, 2.24) is 9.71 Å². The van der Waals surface area contributed by atoms with Gasteiger partial charge >= 0.3 is 12.1 Å². The molecular weight excluding hydrogens is 511 g/mol. The molecule has 1 fully saturated rings. The first-order valence-corrected chi connectivity index (χ1v) is 12.0. The van der Waals surface area contributed by atoms with Crippen LogP contribution in [0.5, 0.6) is 5.75 Å². The fourth-order valence-electron chi connectivity index (χ4n) is 3.50. The van der Waals surface area contributed by atoms with E-state index in [0.29, 0.717) is 17.3 Å². The highest BCUT2D eigenvalue weighted by atomic mass is 35.5. The van der Waals surface area contributed by atoms with Crippen molar-refractivity contribution in [2.75, 3.05) is 25.1 Å². The van der Waals surface area contributed by atoms with E-state index in [2.05, 4.69) is 14.6 Å². The first kappa shape index (κ1) is 26.5. The monoisotopic (exact) mass is 531 g/mol. The van der Waals surface area contributed by atoms with Crippen LogP contribution in [0.1, 0.15) is 6.42 Å². The number of halogens is 4. The molecule has 2 heterocycles. The molecule has 0 spiro atoms. The Morgan fingerprint density at radius 3 is 2.46 bits per heavy atom. The van der Waals surface area contributed by atoms with Crippen molar-refractivity contribution in [3.8, 4) is 5.75 Å². The van der Waals surface area contributed by atoms with Crippen molar-refractivity contribution < 1.29 is 36.2 Å². The van der Waals surface area contributed by atoms with Gasteiger partial charge in [-0.3, -0.25) is 4.98 Å². The van der Waals surface area contributed by atoms with Crippen LogP contribution in [-0.2, 0) is 14.8 Å². The smallest absolute Gasteiger partial charge is 0.490 e. The minimum absolute atomic E-state index is 0.164. The Labute approximate surface area is 204 Å². The Morgan fingerprint density at radius 2 is 1.86 bits per heavy atom. The normalized spacial score (nSPS) is 16.0. The maximum Gasteiger partial charge on any atom is 0.490 e. The summed E-state index contributed by atoms with van der Waals surface area (Å²) in [4.78, 5) is 15.7. The summed E-state index contributed by atoms with van der Waals surface area (Å²) in [6.45, 7) is 1.36. The molecule has 1 aromatic heterocycles. The van der Waals surface area contributed by atoms with E-state index in [1.165, 1.54) is 0 Å². The predicted molar refractivity (Wildman–Crippen MR) is 124 cm³/mol. The summed E-state index contributed by atoms with van der Waals surface area (Å²) in [7, 11) is -2.04. The van der Waals surface area contributed by atoms with Crippen LogP contribution in [0.15, 0.2) is 59.6 Å². The van der Waals surface area contributed by atoms with Gasteiger partial charge in [0.15, 0.2) is 0 Å². The van der Waals surface area contributed by atoms with Crippen LogP contribution < -0.4 is 14.4 Å². The molecule has 0 amide bonds. The minimum atomic E-state index is -5.08. The van der Waals surface area contributed by atoms with Gasteiger partial charge in [0.2, 0.25) is 10.0 Å². The molecule has 1 unspecified atom stereocenters. The van der Waals surface area contributed by atoms with E-state index in [0.717, 1.165) is 29.6 Å². The maximum atomic E-state index is 12.7. The lowest BCUT2D eigenvalue weighted by Crippen LogP contribution is -2.37. The molecule has 2 aromatic carbocycles. The highest BCUT2D eigenvalue weighted by molar-refractivity contribution is 7.89. The minimum Gasteiger partial charge on any atom is -0.497 e. The van der Waals surface area contributed by atoms with Gasteiger partial charge in [-0.05, 0) is 55.0 Å². The van der Waals surface area contributed by atoms with Gasteiger partial charge in [0.25, 0.3) is 0 Å². The second kappa shape index (κ2) is 10.7. The molecule has 0 bridgehead atoms. The van der Waals surface area contributed by atoms with Gasteiger partial charge in [-0.1, -0.05) is 11.6 Å². The standard InChI is InChI=1S/C20H20ClN3O3S.C2HF3O2/c1-27-16-3-5-17(6-4-16)28(25,26)23-15-9-11-24(13-15)20-8-10-22-19-12-14(21)2-7-18(19)20;3-2(4,5)1(6)7/h2-8,10,12,15,23H,9,11,13H2,1H3;(H,6,7). The zero-order chi connectivity index (χ0) is 25.8. The quantitative estimate of drug-likeness (QED) is 0.510. The van der Waals surface area contributed by atoms with Crippen molar-refractivity contribution in [3.05, 3.63) is 59.8 Å². The van der Waals surface area contributed by atoms with Crippen molar-refractivity contribution in [3.63, 3.8) is 0 Å². The molecule has 0 aliphatic carbocycles. The number of nitrogens with zero attached hydrogens (tertiary/aromatic N) is 2. The number of alkyl halides is 3. The van der Waals surface area contributed by atoms with Crippen molar-refractivity contribution >= 4 is 44.2 Å².